The van der Waals surface area contributed by atoms with E-state index in [4.69, 9.17) is 4.74 Å². The Morgan fingerprint density at radius 3 is 2.73 bits per heavy atom. The Balaban J connectivity index is 1.76. The van der Waals surface area contributed by atoms with Gasteiger partial charge in [-0.25, -0.2) is 0 Å². The van der Waals surface area contributed by atoms with E-state index in [9.17, 15) is 4.79 Å². The van der Waals surface area contributed by atoms with Crippen LogP contribution in [0.2, 0.25) is 0 Å². The number of hydrogen-bond donors (Lipinski definition) is 0. The Morgan fingerprint density at radius 1 is 1.27 bits per heavy atom. The number of allylic oxidation sites excluding steroid dienone is 1. The fourth-order valence-electron chi connectivity index (χ4n) is 3.04. The summed E-state index contributed by atoms with van der Waals surface area (Å²) in [6.45, 7) is 5.35. The fraction of sp³-hybridized carbons (Fsp3) is 0.526. The molecule has 1 atom stereocenters. The molecule has 0 unspecified atom stereocenters. The van der Waals surface area contributed by atoms with E-state index in [1.807, 2.05) is 35.2 Å². The fourth-order valence-corrected chi connectivity index (χ4v) is 3.04. The molecule has 120 valence electrons. The second-order valence-electron chi connectivity index (χ2n) is 6.02. The first kappa shape index (κ1) is 16.6. The predicted molar refractivity (Wildman–Crippen MR) is 89.8 cm³/mol. The number of carbonyl (C=O) groups is 1. The third-order valence-corrected chi connectivity index (χ3v) is 4.40. The number of unbranched alkanes of at least 4 members (excludes halogenated alkanes) is 3. The summed E-state index contributed by atoms with van der Waals surface area (Å²) in [7, 11) is 1.67. The van der Waals surface area contributed by atoms with Gasteiger partial charge in [-0.3, -0.25) is 4.79 Å². The lowest BCUT2D eigenvalue weighted by Crippen LogP contribution is -2.26. The molecule has 2 rings (SSSR count). The van der Waals surface area contributed by atoms with E-state index < -0.39 is 0 Å². The molecule has 0 aromatic heterocycles. The van der Waals surface area contributed by atoms with E-state index >= 15 is 0 Å². The van der Waals surface area contributed by atoms with Crippen molar-refractivity contribution in [2.24, 2.45) is 5.92 Å². The molecule has 3 nitrogen and oxygen atoms in total. The van der Waals surface area contributed by atoms with Crippen molar-refractivity contribution in [3.05, 3.63) is 42.5 Å². The molecule has 0 aliphatic carbocycles. The zero-order valence-electron chi connectivity index (χ0n) is 13.6. The minimum atomic E-state index is 0.238. The van der Waals surface area contributed by atoms with Gasteiger partial charge < -0.3 is 9.64 Å². The van der Waals surface area contributed by atoms with Gasteiger partial charge in [0.15, 0.2) is 0 Å². The van der Waals surface area contributed by atoms with Crippen molar-refractivity contribution >= 4 is 5.91 Å². The van der Waals surface area contributed by atoms with Crippen molar-refractivity contribution in [1.29, 1.82) is 0 Å². The predicted octanol–water partition coefficient (Wildman–Crippen LogP) is 4.18. The average Bonchev–Trinajstić information content (AvgIpc) is 2.89. The summed E-state index contributed by atoms with van der Waals surface area (Å²) in [5.41, 5.74) is 1.17. The lowest BCUT2D eigenvalue weighted by molar-refractivity contribution is -0.131. The van der Waals surface area contributed by atoms with E-state index in [1.54, 1.807) is 7.11 Å². The Labute approximate surface area is 134 Å². The summed E-state index contributed by atoms with van der Waals surface area (Å²) >= 11 is 0. The van der Waals surface area contributed by atoms with E-state index in [-0.39, 0.29) is 5.92 Å². The normalized spacial score (nSPS) is 17.8. The van der Waals surface area contributed by atoms with E-state index in [0.29, 0.717) is 5.91 Å². The molecule has 1 saturated heterocycles. The minimum Gasteiger partial charge on any atom is -0.497 e. The maximum Gasteiger partial charge on any atom is 0.226 e. The minimum absolute atomic E-state index is 0.238. The van der Waals surface area contributed by atoms with Gasteiger partial charge in [-0.2, -0.15) is 0 Å². The van der Waals surface area contributed by atoms with Crippen LogP contribution in [0.3, 0.4) is 0 Å². The molecule has 1 fully saturated rings. The maximum absolute atomic E-state index is 12.4. The van der Waals surface area contributed by atoms with Crippen LogP contribution in [0.1, 0.15) is 44.1 Å². The van der Waals surface area contributed by atoms with Gasteiger partial charge >= 0.3 is 0 Å². The van der Waals surface area contributed by atoms with Crippen molar-refractivity contribution in [2.75, 3.05) is 13.7 Å². The third kappa shape index (κ3) is 4.62. The van der Waals surface area contributed by atoms with Gasteiger partial charge in [-0.05, 0) is 43.4 Å². The summed E-state index contributed by atoms with van der Waals surface area (Å²) in [5.74, 6) is 1.43. The average molecular weight is 301 g/mol. The number of methoxy groups -OCH3 is 1. The van der Waals surface area contributed by atoms with E-state index in [2.05, 4.69) is 6.58 Å². The molecule has 0 saturated carbocycles. The number of ether oxygens (including phenoxy) is 1. The number of benzene rings is 1. The van der Waals surface area contributed by atoms with Crippen molar-refractivity contribution in [1.82, 2.24) is 4.90 Å². The topological polar surface area (TPSA) is 29.5 Å². The van der Waals surface area contributed by atoms with Gasteiger partial charge in [0.1, 0.15) is 5.75 Å². The highest BCUT2D eigenvalue weighted by molar-refractivity contribution is 5.80. The molecule has 0 radical (unpaired) electrons. The summed E-state index contributed by atoms with van der Waals surface area (Å²) in [6, 6.07) is 7.98. The summed E-state index contributed by atoms with van der Waals surface area (Å²) in [6.07, 6.45) is 8.65. The second-order valence-corrected chi connectivity index (χ2v) is 6.02. The molecule has 22 heavy (non-hydrogen) atoms. The molecule has 1 aromatic rings. The second kappa shape index (κ2) is 8.62. The Bertz CT molecular complexity index is 481. The lowest BCUT2D eigenvalue weighted by Gasteiger charge is -2.17. The SMILES string of the molecule is C=CCCCCC[C@H]1CCN(Cc2ccc(OC)cc2)C1=O. The molecular formula is C19H27NO2. The van der Waals surface area contributed by atoms with Crippen molar-refractivity contribution in [3.8, 4) is 5.75 Å². The number of hydrogen-bond acceptors (Lipinski definition) is 2. The van der Waals surface area contributed by atoms with Crippen LogP contribution >= 0.6 is 0 Å². The van der Waals surface area contributed by atoms with Gasteiger partial charge in [0.2, 0.25) is 5.91 Å². The summed E-state index contributed by atoms with van der Waals surface area (Å²) in [5, 5.41) is 0. The monoisotopic (exact) mass is 301 g/mol. The van der Waals surface area contributed by atoms with Crippen LogP contribution in [-0.2, 0) is 11.3 Å². The first-order chi connectivity index (χ1) is 10.7. The van der Waals surface area contributed by atoms with E-state index in [1.165, 1.54) is 18.4 Å². The largest absolute Gasteiger partial charge is 0.497 e. The van der Waals surface area contributed by atoms with Crippen LogP contribution in [0.15, 0.2) is 36.9 Å². The smallest absolute Gasteiger partial charge is 0.226 e. The molecule has 0 spiro atoms. The van der Waals surface area contributed by atoms with Crippen LogP contribution in [0.4, 0.5) is 0 Å². The Hall–Kier alpha value is -1.77. The van der Waals surface area contributed by atoms with Gasteiger partial charge in [0.05, 0.1) is 7.11 Å². The Morgan fingerprint density at radius 2 is 2.05 bits per heavy atom. The molecule has 0 bridgehead atoms. The molecule has 1 aliphatic rings. The van der Waals surface area contributed by atoms with Crippen LogP contribution in [0.5, 0.6) is 5.75 Å². The van der Waals surface area contributed by atoms with Gasteiger partial charge in [-0.1, -0.05) is 31.1 Å². The zero-order valence-corrected chi connectivity index (χ0v) is 13.6. The third-order valence-electron chi connectivity index (χ3n) is 4.40. The number of rotatable bonds is 9. The molecule has 3 heteroatoms. The lowest BCUT2D eigenvalue weighted by atomic mass is 9.99. The van der Waals surface area contributed by atoms with Gasteiger partial charge in [0, 0.05) is 19.0 Å². The van der Waals surface area contributed by atoms with Crippen LogP contribution < -0.4 is 4.74 Å². The van der Waals surface area contributed by atoms with Crippen LogP contribution in [0.25, 0.3) is 0 Å². The molecular weight excluding hydrogens is 274 g/mol. The summed E-state index contributed by atoms with van der Waals surface area (Å²) in [4.78, 5) is 14.4. The van der Waals surface area contributed by atoms with Gasteiger partial charge in [-0.15, -0.1) is 6.58 Å². The van der Waals surface area contributed by atoms with E-state index in [0.717, 1.165) is 44.5 Å². The Kier molecular flexibility index (Phi) is 6.50. The molecule has 0 N–H and O–H groups in total. The van der Waals surface area contributed by atoms with Crippen molar-refractivity contribution < 1.29 is 9.53 Å². The van der Waals surface area contributed by atoms with Gasteiger partial charge in [0.25, 0.3) is 0 Å². The molecule has 1 aromatic carbocycles. The quantitative estimate of drug-likeness (QED) is 0.506. The molecule has 1 aliphatic heterocycles. The highest BCUT2D eigenvalue weighted by Crippen LogP contribution is 2.25. The van der Waals surface area contributed by atoms with Crippen LogP contribution in [-0.4, -0.2) is 24.5 Å². The number of likely N-dealkylation sites (tertiary alicyclic amines) is 1. The molecule has 1 heterocycles. The van der Waals surface area contributed by atoms with Crippen molar-refractivity contribution in [2.45, 2.75) is 45.1 Å². The standard InChI is InChI=1S/C19H27NO2/c1-3-4-5-6-7-8-17-13-14-20(19(17)21)15-16-9-11-18(22-2)12-10-16/h3,9-12,17H,1,4-8,13-15H2,2H3/t17-/m0/s1. The maximum atomic E-state index is 12.4. The summed E-state index contributed by atoms with van der Waals surface area (Å²) < 4.78 is 5.16. The first-order valence-corrected chi connectivity index (χ1v) is 8.27. The number of carbonyl (C=O) groups excluding carboxylic acids is 1. The highest BCUT2D eigenvalue weighted by Gasteiger charge is 2.30. The number of amides is 1. The van der Waals surface area contributed by atoms with Crippen LogP contribution in [0, 0.1) is 5.92 Å². The first-order valence-electron chi connectivity index (χ1n) is 8.27. The zero-order chi connectivity index (χ0) is 15.8. The number of nitrogens with zero attached hydrogens (tertiary/aromatic N) is 1. The molecule has 1 amide bonds. The van der Waals surface area contributed by atoms with Crippen molar-refractivity contribution in [3.63, 3.8) is 0 Å². The highest BCUT2D eigenvalue weighted by atomic mass is 16.5.